The van der Waals surface area contributed by atoms with Gasteiger partial charge in [-0.05, 0) is 42.0 Å². The summed E-state index contributed by atoms with van der Waals surface area (Å²) in [7, 11) is 1.89. The van der Waals surface area contributed by atoms with Crippen LogP contribution in [0.5, 0.6) is 0 Å². The number of nitrogens with one attached hydrogen (secondary N) is 1. The van der Waals surface area contributed by atoms with E-state index in [2.05, 4.69) is 10.3 Å². The lowest BCUT2D eigenvalue weighted by molar-refractivity contribution is -0.159. The van der Waals surface area contributed by atoms with E-state index in [0.717, 1.165) is 16.8 Å². The molecule has 0 atom stereocenters. The second-order valence-corrected chi connectivity index (χ2v) is 5.62. The van der Waals surface area contributed by atoms with Crippen LogP contribution in [0.2, 0.25) is 0 Å². The lowest BCUT2D eigenvalue weighted by atomic mass is 10.2. The summed E-state index contributed by atoms with van der Waals surface area (Å²) in [6.07, 6.45) is 1.74. The van der Waals surface area contributed by atoms with Gasteiger partial charge in [0.15, 0.2) is 0 Å². The third kappa shape index (κ3) is 5.63. The summed E-state index contributed by atoms with van der Waals surface area (Å²) in [5, 5.41) is 18.0. The lowest BCUT2D eigenvalue weighted by Gasteiger charge is -2.08. The van der Waals surface area contributed by atoms with E-state index in [4.69, 9.17) is 19.8 Å². The first kappa shape index (κ1) is 20.6. The van der Waals surface area contributed by atoms with E-state index in [-0.39, 0.29) is 11.6 Å². The Balaban J connectivity index is 0.000000409. The van der Waals surface area contributed by atoms with Crippen LogP contribution < -0.4 is 5.32 Å². The topological polar surface area (TPSA) is 104 Å². The maximum Gasteiger partial charge on any atom is 0.414 e. The average Bonchev–Trinajstić information content (AvgIpc) is 3.03. The normalized spacial score (nSPS) is 9.96. The molecule has 0 saturated heterocycles. The van der Waals surface area contributed by atoms with Crippen LogP contribution in [0, 0.1) is 11.6 Å². The van der Waals surface area contributed by atoms with Gasteiger partial charge in [-0.25, -0.2) is 23.4 Å². The molecule has 9 heteroatoms. The summed E-state index contributed by atoms with van der Waals surface area (Å²) in [6, 6.07) is 12.6. The zero-order chi connectivity index (χ0) is 20.7. The molecule has 0 radical (unpaired) electrons. The van der Waals surface area contributed by atoms with Gasteiger partial charge in [0.2, 0.25) is 5.95 Å². The van der Waals surface area contributed by atoms with Crippen molar-refractivity contribution in [2.45, 2.75) is 6.54 Å². The van der Waals surface area contributed by atoms with Gasteiger partial charge in [0.05, 0.1) is 11.9 Å². The number of hydrogen-bond acceptors (Lipinski definition) is 4. The van der Waals surface area contributed by atoms with Crippen molar-refractivity contribution in [2.24, 2.45) is 7.05 Å². The Labute approximate surface area is 158 Å². The van der Waals surface area contributed by atoms with Crippen molar-refractivity contribution >= 4 is 17.9 Å². The molecule has 7 nitrogen and oxygen atoms in total. The molecule has 0 aliphatic rings. The molecule has 0 spiro atoms. The van der Waals surface area contributed by atoms with Crippen LogP contribution in [0.15, 0.2) is 54.7 Å². The number of halogens is 2. The molecule has 146 valence electrons. The van der Waals surface area contributed by atoms with Crippen LogP contribution in [0.25, 0.3) is 11.3 Å². The van der Waals surface area contributed by atoms with Crippen molar-refractivity contribution in [1.82, 2.24) is 9.55 Å². The van der Waals surface area contributed by atoms with Crippen molar-refractivity contribution < 1.29 is 28.6 Å². The zero-order valence-corrected chi connectivity index (χ0v) is 14.8. The molecule has 0 aliphatic heterocycles. The molecule has 0 unspecified atom stereocenters. The van der Waals surface area contributed by atoms with Crippen LogP contribution in [-0.2, 0) is 23.2 Å². The van der Waals surface area contributed by atoms with Gasteiger partial charge in [0.25, 0.3) is 0 Å². The predicted molar refractivity (Wildman–Crippen MR) is 97.6 cm³/mol. The largest absolute Gasteiger partial charge is 0.473 e. The number of rotatable bonds is 4. The van der Waals surface area contributed by atoms with Crippen molar-refractivity contribution in [2.75, 3.05) is 5.32 Å². The molecule has 0 amide bonds. The van der Waals surface area contributed by atoms with Gasteiger partial charge in [-0.3, -0.25) is 0 Å². The quantitative estimate of drug-likeness (QED) is 0.592. The molecule has 1 aromatic heterocycles. The number of carboxylic acid groups (broad SMARTS) is 2. The molecule has 2 aromatic carbocycles. The molecular formula is C19H17F2N3O4. The minimum absolute atomic E-state index is 0.251. The summed E-state index contributed by atoms with van der Waals surface area (Å²) in [4.78, 5) is 22.5. The highest BCUT2D eigenvalue weighted by molar-refractivity contribution is 6.27. The Morgan fingerprint density at radius 1 is 0.964 bits per heavy atom. The van der Waals surface area contributed by atoms with Gasteiger partial charge in [0.1, 0.15) is 11.6 Å². The monoisotopic (exact) mass is 389 g/mol. The SMILES string of the molecule is Cn1c(-c2ccc(F)cc2)cnc1NCc1ccc(F)cc1.O=C(O)C(=O)O. The summed E-state index contributed by atoms with van der Waals surface area (Å²) >= 11 is 0. The molecule has 3 N–H and O–H groups in total. The van der Waals surface area contributed by atoms with Gasteiger partial charge in [-0.2, -0.15) is 0 Å². The highest BCUT2D eigenvalue weighted by Gasteiger charge is 2.08. The number of aliphatic carboxylic acids is 2. The number of nitrogens with zero attached hydrogens (tertiary/aromatic N) is 2. The Kier molecular flexibility index (Phi) is 6.80. The number of imidazole rings is 1. The lowest BCUT2D eigenvalue weighted by Crippen LogP contribution is -2.09. The van der Waals surface area contributed by atoms with Crippen LogP contribution in [0.4, 0.5) is 14.7 Å². The smallest absolute Gasteiger partial charge is 0.414 e. The summed E-state index contributed by atoms with van der Waals surface area (Å²) in [5.74, 6) is -3.46. The van der Waals surface area contributed by atoms with Gasteiger partial charge in [-0.15, -0.1) is 0 Å². The van der Waals surface area contributed by atoms with E-state index in [1.807, 2.05) is 11.6 Å². The molecule has 0 aliphatic carbocycles. The molecule has 0 bridgehead atoms. The van der Waals surface area contributed by atoms with Crippen molar-refractivity contribution in [3.05, 3.63) is 71.9 Å². The van der Waals surface area contributed by atoms with E-state index >= 15 is 0 Å². The number of carboxylic acids is 2. The first-order valence-corrected chi connectivity index (χ1v) is 8.00. The Morgan fingerprint density at radius 3 is 1.96 bits per heavy atom. The van der Waals surface area contributed by atoms with Crippen LogP contribution in [-0.4, -0.2) is 31.7 Å². The van der Waals surface area contributed by atoms with Gasteiger partial charge >= 0.3 is 11.9 Å². The summed E-state index contributed by atoms with van der Waals surface area (Å²) < 4.78 is 27.8. The fourth-order valence-corrected chi connectivity index (χ4v) is 2.25. The third-order valence-corrected chi connectivity index (χ3v) is 3.68. The van der Waals surface area contributed by atoms with Crippen molar-refractivity contribution in [1.29, 1.82) is 0 Å². The van der Waals surface area contributed by atoms with Crippen LogP contribution >= 0.6 is 0 Å². The predicted octanol–water partition coefficient (Wildman–Crippen LogP) is 3.13. The molecule has 0 fully saturated rings. The van der Waals surface area contributed by atoms with Gasteiger partial charge < -0.3 is 20.1 Å². The maximum absolute atomic E-state index is 13.0. The third-order valence-electron chi connectivity index (χ3n) is 3.68. The first-order chi connectivity index (χ1) is 13.3. The van der Waals surface area contributed by atoms with Crippen LogP contribution in [0.3, 0.4) is 0 Å². The molecule has 3 rings (SSSR count). The van der Waals surface area contributed by atoms with E-state index in [1.54, 1.807) is 30.5 Å². The highest BCUT2D eigenvalue weighted by atomic mass is 19.1. The Morgan fingerprint density at radius 2 is 1.46 bits per heavy atom. The minimum Gasteiger partial charge on any atom is -0.473 e. The standard InChI is InChI=1S/C17H15F2N3.C2H2O4/c1-22-16(13-4-8-15(19)9-5-13)11-21-17(22)20-10-12-2-6-14(18)7-3-12;3-1(4)2(5)6/h2-9,11H,10H2,1H3,(H,20,21);(H,3,4)(H,5,6). The van der Waals surface area contributed by atoms with Crippen molar-refractivity contribution in [3.63, 3.8) is 0 Å². The summed E-state index contributed by atoms with van der Waals surface area (Å²) in [6.45, 7) is 0.550. The molecule has 3 aromatic rings. The maximum atomic E-state index is 13.0. The Hall–Kier alpha value is -3.75. The highest BCUT2D eigenvalue weighted by Crippen LogP contribution is 2.22. The first-order valence-electron chi connectivity index (χ1n) is 8.00. The van der Waals surface area contributed by atoms with Gasteiger partial charge in [0, 0.05) is 19.2 Å². The molecule has 1 heterocycles. The van der Waals surface area contributed by atoms with Gasteiger partial charge in [-0.1, -0.05) is 12.1 Å². The average molecular weight is 389 g/mol. The Bertz CT molecular complexity index is 942. The number of benzene rings is 2. The number of aromatic nitrogens is 2. The number of anilines is 1. The summed E-state index contributed by atoms with van der Waals surface area (Å²) in [5.41, 5.74) is 2.75. The second kappa shape index (κ2) is 9.26. The minimum atomic E-state index is -1.82. The number of hydrogen-bond donors (Lipinski definition) is 3. The number of carbonyl (C=O) groups is 2. The van der Waals surface area contributed by atoms with E-state index < -0.39 is 11.9 Å². The van der Waals surface area contributed by atoms with Crippen LogP contribution in [0.1, 0.15) is 5.56 Å². The molecule has 0 saturated carbocycles. The van der Waals surface area contributed by atoms with E-state index in [0.29, 0.717) is 12.5 Å². The molecular weight excluding hydrogens is 372 g/mol. The molecule has 28 heavy (non-hydrogen) atoms. The van der Waals surface area contributed by atoms with E-state index in [9.17, 15) is 8.78 Å². The fourth-order valence-electron chi connectivity index (χ4n) is 2.25. The van der Waals surface area contributed by atoms with Crippen molar-refractivity contribution in [3.8, 4) is 11.3 Å². The zero-order valence-electron chi connectivity index (χ0n) is 14.8. The second-order valence-electron chi connectivity index (χ2n) is 5.62. The fraction of sp³-hybridized carbons (Fsp3) is 0.105. The van der Waals surface area contributed by atoms with E-state index in [1.165, 1.54) is 24.3 Å².